The summed E-state index contributed by atoms with van der Waals surface area (Å²) in [7, 11) is 0. The Hall–Kier alpha value is -0.820. The van der Waals surface area contributed by atoms with Crippen molar-refractivity contribution in [2.75, 3.05) is 0 Å². The summed E-state index contributed by atoms with van der Waals surface area (Å²) in [6.45, 7) is 5.61. The van der Waals surface area contributed by atoms with Crippen molar-refractivity contribution in [2.45, 2.75) is 45.4 Å². The van der Waals surface area contributed by atoms with Crippen LogP contribution in [-0.2, 0) is 10.5 Å². The van der Waals surface area contributed by atoms with E-state index in [1.54, 1.807) is 6.07 Å². The molecule has 0 fully saturated rings. The second kappa shape index (κ2) is 7.09. The summed E-state index contributed by atoms with van der Waals surface area (Å²) >= 11 is 2.13. The minimum Gasteiger partial charge on any atom is -0.413 e. The number of nitrogens with one attached hydrogen (secondary N) is 1. The van der Waals surface area contributed by atoms with Crippen LogP contribution in [0.5, 0.6) is 0 Å². The van der Waals surface area contributed by atoms with Crippen molar-refractivity contribution in [1.29, 1.82) is 0 Å². The molecule has 19 heavy (non-hydrogen) atoms. The molecule has 1 amide bonds. The van der Waals surface area contributed by atoms with E-state index in [0.29, 0.717) is 18.4 Å². The number of amides is 1. The fraction of sp³-hybridized carbons (Fsp3) is 0.500. The Bertz CT molecular complexity index is 436. The molecule has 4 nitrogen and oxygen atoms in total. The predicted molar refractivity (Wildman–Crippen MR) is 82.7 cm³/mol. The second-order valence-electron chi connectivity index (χ2n) is 4.70. The highest BCUT2D eigenvalue weighted by molar-refractivity contribution is 14.1. The van der Waals surface area contributed by atoms with Crippen LogP contribution in [0.3, 0.4) is 0 Å². The first-order chi connectivity index (χ1) is 8.89. The van der Waals surface area contributed by atoms with Crippen molar-refractivity contribution in [3.63, 3.8) is 0 Å². The molecule has 1 rings (SSSR count). The SMILES string of the molecule is CCC[C@](O)(OC(=O)NC(C)C)c1ccccc1I. The Morgan fingerprint density at radius 1 is 1.47 bits per heavy atom. The van der Waals surface area contributed by atoms with E-state index in [1.165, 1.54) is 0 Å². The fourth-order valence-corrected chi connectivity index (χ4v) is 2.58. The molecule has 5 heteroatoms. The van der Waals surface area contributed by atoms with E-state index < -0.39 is 11.9 Å². The Kier molecular flexibility index (Phi) is 6.06. The summed E-state index contributed by atoms with van der Waals surface area (Å²) in [5.41, 5.74) is 0.622. The Morgan fingerprint density at radius 2 is 2.11 bits per heavy atom. The minimum atomic E-state index is -1.58. The standard InChI is InChI=1S/C14H20INO3/c1-4-9-14(18,19-13(17)16-10(2)3)11-7-5-6-8-12(11)15/h5-8,10,18H,4,9H2,1-3H3,(H,16,17)/t14-/m0/s1. The van der Waals surface area contributed by atoms with E-state index in [0.717, 1.165) is 3.57 Å². The third kappa shape index (κ3) is 4.65. The molecule has 2 N–H and O–H groups in total. The Morgan fingerprint density at radius 3 is 2.63 bits per heavy atom. The number of carbonyl (C=O) groups is 1. The topological polar surface area (TPSA) is 58.6 Å². The lowest BCUT2D eigenvalue weighted by Gasteiger charge is -2.29. The lowest BCUT2D eigenvalue weighted by molar-refractivity contribution is -0.176. The monoisotopic (exact) mass is 377 g/mol. The quantitative estimate of drug-likeness (QED) is 0.611. The maximum absolute atomic E-state index is 11.7. The number of alkyl carbamates (subject to hydrolysis) is 1. The summed E-state index contributed by atoms with van der Waals surface area (Å²) < 4.78 is 6.13. The number of halogens is 1. The van der Waals surface area contributed by atoms with Gasteiger partial charge in [-0.25, -0.2) is 4.79 Å². The van der Waals surface area contributed by atoms with Crippen molar-refractivity contribution in [3.8, 4) is 0 Å². The van der Waals surface area contributed by atoms with Gasteiger partial charge in [-0.15, -0.1) is 0 Å². The van der Waals surface area contributed by atoms with Crippen LogP contribution in [0.1, 0.15) is 39.2 Å². The summed E-state index contributed by atoms with van der Waals surface area (Å²) in [6.07, 6.45) is 0.459. The van der Waals surface area contributed by atoms with Crippen molar-refractivity contribution in [1.82, 2.24) is 5.32 Å². The van der Waals surface area contributed by atoms with Gasteiger partial charge in [0, 0.05) is 21.6 Å². The first-order valence-electron chi connectivity index (χ1n) is 6.36. The van der Waals surface area contributed by atoms with Gasteiger partial charge in [-0.05, 0) is 48.9 Å². The molecular weight excluding hydrogens is 357 g/mol. The van der Waals surface area contributed by atoms with Gasteiger partial charge in [0.25, 0.3) is 0 Å². The van der Waals surface area contributed by atoms with Gasteiger partial charge in [0.05, 0.1) is 0 Å². The summed E-state index contributed by atoms with van der Waals surface area (Å²) in [5, 5.41) is 13.3. The summed E-state index contributed by atoms with van der Waals surface area (Å²) in [6, 6.07) is 7.32. The van der Waals surface area contributed by atoms with Crippen molar-refractivity contribution in [3.05, 3.63) is 33.4 Å². The summed E-state index contributed by atoms with van der Waals surface area (Å²) in [4.78, 5) is 11.7. The molecule has 0 unspecified atom stereocenters. The molecule has 1 aromatic carbocycles. The zero-order chi connectivity index (χ0) is 14.5. The van der Waals surface area contributed by atoms with Crippen LogP contribution in [-0.4, -0.2) is 17.2 Å². The van der Waals surface area contributed by atoms with Crippen LogP contribution in [0.15, 0.2) is 24.3 Å². The van der Waals surface area contributed by atoms with Crippen molar-refractivity contribution in [2.24, 2.45) is 0 Å². The van der Waals surface area contributed by atoms with E-state index in [4.69, 9.17) is 4.74 Å². The number of rotatable bonds is 5. The molecule has 0 aliphatic carbocycles. The van der Waals surface area contributed by atoms with E-state index in [-0.39, 0.29) is 6.04 Å². The number of hydrogen-bond acceptors (Lipinski definition) is 3. The molecule has 1 aromatic rings. The van der Waals surface area contributed by atoms with E-state index in [9.17, 15) is 9.90 Å². The molecule has 106 valence electrons. The van der Waals surface area contributed by atoms with Gasteiger partial charge < -0.3 is 15.2 Å². The number of hydrogen-bond donors (Lipinski definition) is 2. The zero-order valence-electron chi connectivity index (χ0n) is 11.4. The lowest BCUT2D eigenvalue weighted by atomic mass is 10.0. The van der Waals surface area contributed by atoms with Crippen LogP contribution in [0.25, 0.3) is 0 Å². The third-order valence-electron chi connectivity index (χ3n) is 2.55. The van der Waals surface area contributed by atoms with Gasteiger partial charge in [-0.3, -0.25) is 0 Å². The lowest BCUT2D eigenvalue weighted by Crippen LogP contribution is -2.40. The molecule has 0 radical (unpaired) electrons. The first-order valence-corrected chi connectivity index (χ1v) is 7.44. The van der Waals surface area contributed by atoms with Gasteiger partial charge in [-0.1, -0.05) is 25.1 Å². The highest BCUT2D eigenvalue weighted by Gasteiger charge is 2.34. The van der Waals surface area contributed by atoms with Crippen molar-refractivity contribution >= 4 is 28.7 Å². The minimum absolute atomic E-state index is 0.0341. The molecule has 0 spiro atoms. The zero-order valence-corrected chi connectivity index (χ0v) is 13.6. The van der Waals surface area contributed by atoms with Gasteiger partial charge in [-0.2, -0.15) is 0 Å². The fourth-order valence-electron chi connectivity index (χ4n) is 1.78. The molecule has 0 saturated carbocycles. The van der Waals surface area contributed by atoms with E-state index in [2.05, 4.69) is 27.9 Å². The van der Waals surface area contributed by atoms with Crippen LogP contribution < -0.4 is 5.32 Å². The Labute approximate surface area is 127 Å². The average Bonchev–Trinajstić information content (AvgIpc) is 2.28. The number of carbonyl (C=O) groups excluding carboxylic acids is 1. The number of benzene rings is 1. The number of aliphatic hydroxyl groups is 1. The van der Waals surface area contributed by atoms with Gasteiger partial charge in [0.2, 0.25) is 5.79 Å². The first kappa shape index (κ1) is 16.2. The van der Waals surface area contributed by atoms with Gasteiger partial charge in [0.1, 0.15) is 0 Å². The Balaban J connectivity index is 2.97. The van der Waals surface area contributed by atoms with E-state index in [1.807, 2.05) is 39.0 Å². The second-order valence-corrected chi connectivity index (χ2v) is 5.86. The van der Waals surface area contributed by atoms with Crippen molar-refractivity contribution < 1.29 is 14.6 Å². The molecule has 0 aliphatic heterocycles. The predicted octanol–water partition coefficient (Wildman–Crippen LogP) is 3.37. The highest BCUT2D eigenvalue weighted by atomic mass is 127. The summed E-state index contributed by atoms with van der Waals surface area (Å²) in [5.74, 6) is -1.58. The maximum atomic E-state index is 11.7. The maximum Gasteiger partial charge on any atom is 0.410 e. The van der Waals surface area contributed by atoms with Crippen LogP contribution in [0, 0.1) is 3.57 Å². The number of ether oxygens (including phenoxy) is 1. The highest BCUT2D eigenvalue weighted by Crippen LogP contribution is 2.31. The smallest absolute Gasteiger partial charge is 0.410 e. The molecular formula is C14H20INO3. The largest absolute Gasteiger partial charge is 0.413 e. The van der Waals surface area contributed by atoms with E-state index >= 15 is 0 Å². The molecule has 0 aliphatic rings. The normalized spacial score (nSPS) is 14.0. The molecule has 0 saturated heterocycles. The van der Waals surface area contributed by atoms with Gasteiger partial charge >= 0.3 is 6.09 Å². The molecule has 0 aromatic heterocycles. The van der Waals surface area contributed by atoms with Crippen LogP contribution >= 0.6 is 22.6 Å². The molecule has 0 bridgehead atoms. The average molecular weight is 377 g/mol. The molecule has 1 atom stereocenters. The molecule has 0 heterocycles. The van der Waals surface area contributed by atoms with Crippen LogP contribution in [0.4, 0.5) is 4.79 Å². The van der Waals surface area contributed by atoms with Gasteiger partial charge in [0.15, 0.2) is 0 Å². The van der Waals surface area contributed by atoms with Crippen LogP contribution in [0.2, 0.25) is 0 Å². The third-order valence-corrected chi connectivity index (χ3v) is 3.49.